The van der Waals surface area contributed by atoms with Gasteiger partial charge in [0.25, 0.3) is 5.88 Å². The summed E-state index contributed by atoms with van der Waals surface area (Å²) in [6, 6.07) is 8.94. The van der Waals surface area contributed by atoms with Gasteiger partial charge in [0.2, 0.25) is 0 Å². The molecule has 1 aromatic carbocycles. The van der Waals surface area contributed by atoms with Gasteiger partial charge in [0.15, 0.2) is 5.82 Å². The van der Waals surface area contributed by atoms with E-state index in [4.69, 9.17) is 4.74 Å². The summed E-state index contributed by atoms with van der Waals surface area (Å²) in [5.74, 6) is 0.108. The van der Waals surface area contributed by atoms with Gasteiger partial charge >= 0.3 is 0 Å². The third-order valence-electron chi connectivity index (χ3n) is 2.72. The Labute approximate surface area is 126 Å². The van der Waals surface area contributed by atoms with Crippen LogP contribution in [0, 0.1) is 5.82 Å². The van der Waals surface area contributed by atoms with Crippen LogP contribution in [0.2, 0.25) is 0 Å². The zero-order valence-electron chi connectivity index (χ0n) is 11.2. The van der Waals surface area contributed by atoms with E-state index in [0.29, 0.717) is 17.9 Å². The SMILES string of the molecule is CCCNCc1ccnc(Oc2ccccc2Br)c1F. The number of hydrogen-bond acceptors (Lipinski definition) is 3. The molecule has 0 radical (unpaired) electrons. The second-order valence-electron chi connectivity index (χ2n) is 4.30. The van der Waals surface area contributed by atoms with Crippen molar-refractivity contribution in [3.63, 3.8) is 0 Å². The summed E-state index contributed by atoms with van der Waals surface area (Å²) >= 11 is 3.36. The van der Waals surface area contributed by atoms with E-state index in [-0.39, 0.29) is 5.88 Å². The molecule has 0 bridgehead atoms. The Balaban J connectivity index is 2.16. The third-order valence-corrected chi connectivity index (χ3v) is 3.38. The van der Waals surface area contributed by atoms with Gasteiger partial charge in [0, 0.05) is 18.3 Å². The quantitative estimate of drug-likeness (QED) is 0.798. The van der Waals surface area contributed by atoms with Crippen molar-refractivity contribution in [3.8, 4) is 11.6 Å². The number of ether oxygens (including phenoxy) is 1. The van der Waals surface area contributed by atoms with Crippen LogP contribution in [0.3, 0.4) is 0 Å². The van der Waals surface area contributed by atoms with Crippen LogP contribution in [0.5, 0.6) is 11.6 Å². The Kier molecular flexibility index (Phi) is 5.49. The maximum atomic E-state index is 14.3. The largest absolute Gasteiger partial charge is 0.435 e. The zero-order valence-corrected chi connectivity index (χ0v) is 12.8. The Morgan fingerprint density at radius 3 is 2.85 bits per heavy atom. The molecule has 0 aliphatic carbocycles. The second-order valence-corrected chi connectivity index (χ2v) is 5.15. The number of para-hydroxylation sites is 1. The van der Waals surface area contributed by atoms with E-state index in [1.807, 2.05) is 18.2 Å². The topological polar surface area (TPSA) is 34.2 Å². The van der Waals surface area contributed by atoms with Crippen LogP contribution in [-0.2, 0) is 6.54 Å². The fraction of sp³-hybridized carbons (Fsp3) is 0.267. The first kappa shape index (κ1) is 14.9. The maximum Gasteiger partial charge on any atom is 0.256 e. The maximum absolute atomic E-state index is 14.3. The van der Waals surface area contributed by atoms with Gasteiger partial charge in [-0.3, -0.25) is 0 Å². The number of nitrogens with one attached hydrogen (secondary N) is 1. The van der Waals surface area contributed by atoms with Crippen molar-refractivity contribution in [2.75, 3.05) is 6.54 Å². The lowest BCUT2D eigenvalue weighted by atomic mass is 10.2. The van der Waals surface area contributed by atoms with E-state index >= 15 is 0 Å². The van der Waals surface area contributed by atoms with E-state index < -0.39 is 5.82 Å². The van der Waals surface area contributed by atoms with Crippen LogP contribution in [0.15, 0.2) is 41.0 Å². The first-order valence-electron chi connectivity index (χ1n) is 6.49. The van der Waals surface area contributed by atoms with Gasteiger partial charge in [-0.15, -0.1) is 0 Å². The average Bonchev–Trinajstić information content (AvgIpc) is 2.45. The molecule has 0 unspecified atom stereocenters. The van der Waals surface area contributed by atoms with Crippen molar-refractivity contribution in [1.82, 2.24) is 10.3 Å². The lowest BCUT2D eigenvalue weighted by molar-refractivity contribution is 0.415. The summed E-state index contributed by atoms with van der Waals surface area (Å²) < 4.78 is 20.6. The minimum atomic E-state index is -0.424. The molecule has 0 aliphatic rings. The molecule has 0 saturated carbocycles. The first-order valence-corrected chi connectivity index (χ1v) is 7.28. The fourth-order valence-electron chi connectivity index (χ4n) is 1.70. The predicted molar refractivity (Wildman–Crippen MR) is 80.4 cm³/mol. The minimum absolute atomic E-state index is 0.00676. The van der Waals surface area contributed by atoms with Crippen molar-refractivity contribution in [3.05, 3.63) is 52.4 Å². The molecular weight excluding hydrogens is 323 g/mol. The van der Waals surface area contributed by atoms with E-state index in [2.05, 4.69) is 33.2 Å². The van der Waals surface area contributed by atoms with Gasteiger partial charge in [0.1, 0.15) is 5.75 Å². The molecule has 1 N–H and O–H groups in total. The number of hydrogen-bond donors (Lipinski definition) is 1. The van der Waals surface area contributed by atoms with Crippen molar-refractivity contribution in [1.29, 1.82) is 0 Å². The van der Waals surface area contributed by atoms with Gasteiger partial charge in [-0.25, -0.2) is 9.37 Å². The number of rotatable bonds is 6. The highest BCUT2D eigenvalue weighted by molar-refractivity contribution is 9.10. The van der Waals surface area contributed by atoms with Crippen molar-refractivity contribution in [2.24, 2.45) is 0 Å². The number of pyridine rings is 1. The molecule has 0 atom stereocenters. The van der Waals surface area contributed by atoms with Crippen LogP contribution < -0.4 is 10.1 Å². The Morgan fingerprint density at radius 1 is 1.30 bits per heavy atom. The fourth-order valence-corrected chi connectivity index (χ4v) is 2.07. The molecule has 2 rings (SSSR count). The highest BCUT2D eigenvalue weighted by Crippen LogP contribution is 2.30. The molecule has 0 saturated heterocycles. The van der Waals surface area contributed by atoms with Gasteiger partial charge in [-0.2, -0.15) is 0 Å². The number of halogens is 2. The summed E-state index contributed by atoms with van der Waals surface area (Å²) in [7, 11) is 0. The molecule has 0 amide bonds. The van der Waals surface area contributed by atoms with E-state index in [0.717, 1.165) is 17.4 Å². The van der Waals surface area contributed by atoms with Crippen molar-refractivity contribution >= 4 is 15.9 Å². The van der Waals surface area contributed by atoms with Crippen molar-refractivity contribution < 1.29 is 9.13 Å². The van der Waals surface area contributed by atoms with E-state index in [1.54, 1.807) is 18.3 Å². The monoisotopic (exact) mass is 338 g/mol. The standard InChI is InChI=1S/C15H16BrFN2O/c1-2-8-18-10-11-7-9-19-15(14(11)17)20-13-6-4-3-5-12(13)16/h3-7,9,18H,2,8,10H2,1H3. The Hall–Kier alpha value is -1.46. The van der Waals surface area contributed by atoms with Crippen molar-refractivity contribution in [2.45, 2.75) is 19.9 Å². The Morgan fingerprint density at radius 2 is 2.10 bits per heavy atom. The lowest BCUT2D eigenvalue weighted by Gasteiger charge is -2.10. The van der Waals surface area contributed by atoms with E-state index in [9.17, 15) is 4.39 Å². The normalized spacial score (nSPS) is 10.6. The number of nitrogens with zero attached hydrogens (tertiary/aromatic N) is 1. The predicted octanol–water partition coefficient (Wildman–Crippen LogP) is 4.28. The highest BCUT2D eigenvalue weighted by Gasteiger charge is 2.12. The molecule has 20 heavy (non-hydrogen) atoms. The summed E-state index contributed by atoms with van der Waals surface area (Å²) in [5.41, 5.74) is 0.551. The summed E-state index contributed by atoms with van der Waals surface area (Å²) in [4.78, 5) is 3.96. The Bertz CT molecular complexity index is 578. The van der Waals surface area contributed by atoms with Gasteiger partial charge in [0.05, 0.1) is 4.47 Å². The summed E-state index contributed by atoms with van der Waals surface area (Å²) in [5, 5.41) is 3.16. The first-order chi connectivity index (χ1) is 9.72. The van der Waals surface area contributed by atoms with Crippen LogP contribution >= 0.6 is 15.9 Å². The number of benzene rings is 1. The highest BCUT2D eigenvalue weighted by atomic mass is 79.9. The average molecular weight is 339 g/mol. The smallest absolute Gasteiger partial charge is 0.256 e. The van der Waals surface area contributed by atoms with Crippen LogP contribution in [0.4, 0.5) is 4.39 Å². The zero-order chi connectivity index (χ0) is 14.4. The molecular formula is C15H16BrFN2O. The van der Waals surface area contributed by atoms with Crippen LogP contribution in [-0.4, -0.2) is 11.5 Å². The molecule has 2 aromatic rings. The minimum Gasteiger partial charge on any atom is -0.435 e. The molecule has 1 heterocycles. The van der Waals surface area contributed by atoms with Crippen LogP contribution in [0.25, 0.3) is 0 Å². The molecule has 106 valence electrons. The van der Waals surface area contributed by atoms with Gasteiger partial charge in [-0.1, -0.05) is 19.1 Å². The molecule has 0 fully saturated rings. The van der Waals surface area contributed by atoms with Gasteiger partial charge < -0.3 is 10.1 Å². The summed E-state index contributed by atoms with van der Waals surface area (Å²) in [6.07, 6.45) is 2.56. The molecule has 1 aromatic heterocycles. The molecule has 3 nitrogen and oxygen atoms in total. The van der Waals surface area contributed by atoms with Gasteiger partial charge in [-0.05, 0) is 47.1 Å². The second kappa shape index (κ2) is 7.36. The molecule has 0 aliphatic heterocycles. The lowest BCUT2D eigenvalue weighted by Crippen LogP contribution is -2.15. The third kappa shape index (κ3) is 3.77. The summed E-state index contributed by atoms with van der Waals surface area (Å²) in [6.45, 7) is 3.38. The molecule has 5 heteroatoms. The van der Waals surface area contributed by atoms with E-state index in [1.165, 1.54) is 0 Å². The number of aromatic nitrogens is 1. The van der Waals surface area contributed by atoms with Crippen LogP contribution in [0.1, 0.15) is 18.9 Å². The molecule has 0 spiro atoms.